The van der Waals surface area contributed by atoms with Crippen LogP contribution >= 0.6 is 10.8 Å². The minimum absolute atomic E-state index is 0.0595. The first-order chi connectivity index (χ1) is 20.5. The molecule has 240 valence electrons. The lowest BCUT2D eigenvalue weighted by atomic mass is 9.99. The van der Waals surface area contributed by atoms with Crippen molar-refractivity contribution in [1.82, 2.24) is 14.9 Å². The van der Waals surface area contributed by atoms with E-state index in [1.165, 1.54) is 0 Å². The van der Waals surface area contributed by atoms with Crippen molar-refractivity contribution in [3.8, 4) is 16.9 Å². The van der Waals surface area contributed by atoms with E-state index in [4.69, 9.17) is 19.6 Å². The Morgan fingerprint density at radius 1 is 1.09 bits per heavy atom. The maximum Gasteiger partial charge on any atom is 0.389 e. The molecule has 2 aromatic rings. The van der Waals surface area contributed by atoms with E-state index in [2.05, 4.69) is 10.6 Å². The topological polar surface area (TPSA) is 136 Å². The number of guanidine groups is 1. The van der Waals surface area contributed by atoms with E-state index in [9.17, 15) is 27.1 Å². The molecule has 0 saturated carbocycles. The van der Waals surface area contributed by atoms with Crippen molar-refractivity contribution >= 4 is 22.6 Å². The number of rotatable bonds is 15. The second kappa shape index (κ2) is 16.8. The smallest absolute Gasteiger partial charge is 0.389 e. The molecule has 1 fully saturated rings. The minimum Gasteiger partial charge on any atom is -0.493 e. The molecule has 5 N–H and O–H groups in total. The second-order valence-electron chi connectivity index (χ2n) is 10.1. The fourth-order valence-electron chi connectivity index (χ4n) is 4.45. The Morgan fingerprint density at radius 2 is 1.86 bits per heavy atom. The number of carbonyl (C=O) groups is 1. The zero-order valence-corrected chi connectivity index (χ0v) is 25.1. The molecule has 1 aliphatic heterocycles. The number of aryl methyl sites for hydroxylation is 1. The van der Waals surface area contributed by atoms with Crippen LogP contribution in [0.1, 0.15) is 36.8 Å². The van der Waals surface area contributed by atoms with Gasteiger partial charge in [-0.1, -0.05) is 30.3 Å². The summed E-state index contributed by atoms with van der Waals surface area (Å²) < 4.78 is 76.7. The van der Waals surface area contributed by atoms with Crippen molar-refractivity contribution < 1.29 is 41.3 Å². The number of hydrogen-bond acceptors (Lipinski definition) is 8. The van der Waals surface area contributed by atoms with E-state index in [0.717, 1.165) is 22.3 Å². The molecule has 0 spiro atoms. The van der Waals surface area contributed by atoms with Crippen LogP contribution in [0.2, 0.25) is 0 Å². The zero-order chi connectivity index (χ0) is 31.3. The van der Waals surface area contributed by atoms with Crippen LogP contribution in [0.4, 0.5) is 13.2 Å². The average molecular weight is 631 g/mol. The van der Waals surface area contributed by atoms with Gasteiger partial charge in [0.15, 0.2) is 5.96 Å². The lowest BCUT2D eigenvalue weighted by Crippen LogP contribution is -2.40. The molecule has 14 heteroatoms. The van der Waals surface area contributed by atoms with E-state index in [1.807, 2.05) is 42.5 Å². The number of methoxy groups -OCH3 is 1. The summed E-state index contributed by atoms with van der Waals surface area (Å²) in [5.41, 5.74) is 3.23. The summed E-state index contributed by atoms with van der Waals surface area (Å²) in [6, 6.07) is 13.2. The summed E-state index contributed by atoms with van der Waals surface area (Å²) in [5, 5.41) is 12.6. The van der Waals surface area contributed by atoms with E-state index < -0.39 is 29.3 Å². The molecular weight excluding hydrogens is 589 g/mol. The van der Waals surface area contributed by atoms with E-state index in [1.54, 1.807) is 11.4 Å². The number of nitrogens with zero attached hydrogens (tertiary/aromatic N) is 1. The summed E-state index contributed by atoms with van der Waals surface area (Å²) in [6.45, 7) is 2.69. The van der Waals surface area contributed by atoms with Gasteiger partial charge in [-0.15, -0.1) is 10.8 Å². The van der Waals surface area contributed by atoms with Crippen molar-refractivity contribution in [2.75, 3.05) is 53.2 Å². The van der Waals surface area contributed by atoms with Gasteiger partial charge in [0.05, 0.1) is 25.6 Å². The van der Waals surface area contributed by atoms with Gasteiger partial charge in [0.25, 0.3) is 0 Å². The minimum atomic E-state index is -4.26. The van der Waals surface area contributed by atoms with Crippen LogP contribution in [0.3, 0.4) is 0 Å². The van der Waals surface area contributed by atoms with Gasteiger partial charge in [-0.3, -0.25) is 24.6 Å². The Hall–Kier alpha value is -2.88. The molecule has 0 aromatic heterocycles. The average Bonchev–Trinajstić information content (AvgIpc) is 2.96. The number of ether oxygens (including phenoxy) is 3. The van der Waals surface area contributed by atoms with Crippen molar-refractivity contribution in [3.05, 3.63) is 53.6 Å². The number of halogens is 3. The highest BCUT2D eigenvalue weighted by Crippen LogP contribution is 2.47. The molecule has 43 heavy (non-hydrogen) atoms. The Balaban J connectivity index is 1.65. The van der Waals surface area contributed by atoms with Crippen LogP contribution in [0.15, 0.2) is 42.5 Å². The molecule has 1 heterocycles. The highest BCUT2D eigenvalue weighted by atomic mass is 32.3. The van der Waals surface area contributed by atoms with Gasteiger partial charge in [0.1, 0.15) is 5.75 Å². The Bertz CT molecular complexity index is 1200. The van der Waals surface area contributed by atoms with Gasteiger partial charge in [-0.05, 0) is 41.7 Å². The largest absolute Gasteiger partial charge is 0.493 e. The SMILES string of the molecule is COCCCOc1cc(CCC(=O)NC(=N)NCCCC(F)(F)F)ccc1-c1cccc(CS(O)(O)N2CCOCC2)c1. The number of alkyl halides is 3. The fraction of sp³-hybridized carbons (Fsp3) is 0.517. The molecule has 0 unspecified atom stereocenters. The van der Waals surface area contributed by atoms with Crippen LogP contribution in [0.5, 0.6) is 5.75 Å². The van der Waals surface area contributed by atoms with Crippen LogP contribution in [-0.2, 0) is 26.4 Å². The Kier molecular flexibility index (Phi) is 13.5. The number of nitrogens with one attached hydrogen (secondary N) is 3. The van der Waals surface area contributed by atoms with Gasteiger partial charge in [-0.2, -0.15) is 13.2 Å². The molecule has 1 saturated heterocycles. The van der Waals surface area contributed by atoms with E-state index in [-0.39, 0.29) is 31.1 Å². The first kappa shape index (κ1) is 34.6. The van der Waals surface area contributed by atoms with E-state index >= 15 is 0 Å². The maximum absolute atomic E-state index is 12.3. The standard InChI is InChI=1S/C29H41F3N4O6S/c1-40-15-4-16-42-26-20-22(8-10-27(37)35-28(33)34-12-3-11-29(30,31)32)7-9-25(26)24-6-2-5-23(19-24)21-43(38,39)36-13-17-41-18-14-36/h2,5-7,9,19-20,38-39H,3-4,8,10-18,21H2,1H3,(H3,33,34,35,37). The number of amides is 1. The molecule has 0 radical (unpaired) electrons. The highest BCUT2D eigenvalue weighted by molar-refractivity contribution is 8.21. The first-order valence-corrected chi connectivity index (χ1v) is 15.8. The third-order valence-electron chi connectivity index (χ3n) is 6.62. The van der Waals surface area contributed by atoms with Gasteiger partial charge >= 0.3 is 6.18 Å². The summed E-state index contributed by atoms with van der Waals surface area (Å²) >= 11 is 0. The number of benzene rings is 2. The van der Waals surface area contributed by atoms with Gasteiger partial charge < -0.3 is 19.5 Å². The third-order valence-corrected chi connectivity index (χ3v) is 8.54. The van der Waals surface area contributed by atoms with Crippen molar-refractivity contribution in [2.45, 2.75) is 44.0 Å². The lowest BCUT2D eigenvalue weighted by Gasteiger charge is -2.44. The summed E-state index contributed by atoms with van der Waals surface area (Å²) in [5.74, 6) is -0.0868. The molecule has 0 aliphatic carbocycles. The van der Waals surface area contributed by atoms with Crippen LogP contribution < -0.4 is 15.4 Å². The Labute approximate surface area is 251 Å². The third kappa shape index (κ3) is 12.3. The molecular formula is C29H41F3N4O6S. The molecule has 1 aliphatic rings. The predicted molar refractivity (Wildman–Crippen MR) is 160 cm³/mol. The molecule has 10 nitrogen and oxygen atoms in total. The molecule has 1 amide bonds. The van der Waals surface area contributed by atoms with E-state index in [0.29, 0.717) is 58.1 Å². The highest BCUT2D eigenvalue weighted by Gasteiger charge is 2.26. The van der Waals surface area contributed by atoms with Gasteiger partial charge in [0.2, 0.25) is 5.91 Å². The fourth-order valence-corrected chi connectivity index (χ4v) is 6.00. The van der Waals surface area contributed by atoms with Gasteiger partial charge in [0, 0.05) is 58.2 Å². The predicted octanol–water partition coefficient (Wildman–Crippen LogP) is 5.18. The monoisotopic (exact) mass is 630 g/mol. The van der Waals surface area contributed by atoms with Crippen LogP contribution in [-0.4, -0.2) is 84.6 Å². The number of hydrogen-bond donors (Lipinski definition) is 5. The quantitative estimate of drug-likeness (QED) is 0.103. The first-order valence-electron chi connectivity index (χ1n) is 14.1. The lowest BCUT2D eigenvalue weighted by molar-refractivity contribution is -0.135. The van der Waals surface area contributed by atoms with Crippen molar-refractivity contribution in [3.63, 3.8) is 0 Å². The summed E-state index contributed by atoms with van der Waals surface area (Å²) in [4.78, 5) is 12.3. The summed E-state index contributed by atoms with van der Waals surface area (Å²) in [7, 11) is -1.39. The van der Waals surface area contributed by atoms with Crippen LogP contribution in [0.25, 0.3) is 11.1 Å². The molecule has 3 rings (SSSR count). The maximum atomic E-state index is 12.3. The van der Waals surface area contributed by atoms with Crippen molar-refractivity contribution in [1.29, 1.82) is 5.41 Å². The zero-order valence-electron chi connectivity index (χ0n) is 24.3. The number of carbonyl (C=O) groups excluding carboxylic acids is 1. The second-order valence-corrected chi connectivity index (χ2v) is 12.2. The van der Waals surface area contributed by atoms with Crippen molar-refractivity contribution in [2.24, 2.45) is 0 Å². The molecule has 0 atom stereocenters. The van der Waals surface area contributed by atoms with Gasteiger partial charge in [-0.25, -0.2) is 4.31 Å². The normalized spacial score (nSPS) is 14.7. The van der Waals surface area contributed by atoms with Crippen LogP contribution in [0, 0.1) is 5.41 Å². The molecule has 0 bridgehead atoms. The Morgan fingerprint density at radius 3 is 2.58 bits per heavy atom. The summed E-state index contributed by atoms with van der Waals surface area (Å²) in [6.07, 6.45) is -4.34. The molecule has 2 aromatic carbocycles. The number of morpholine rings is 1.